The van der Waals surface area contributed by atoms with Crippen LogP contribution in [-0.4, -0.2) is 33.3 Å². The highest BCUT2D eigenvalue weighted by molar-refractivity contribution is 6.51. The fourth-order valence-electron chi connectivity index (χ4n) is 5.11. The van der Waals surface area contributed by atoms with E-state index in [9.17, 15) is 0 Å². The second-order valence-electron chi connectivity index (χ2n) is 11.3. The van der Waals surface area contributed by atoms with Crippen LogP contribution in [0.25, 0.3) is 28.3 Å². The van der Waals surface area contributed by atoms with Crippen molar-refractivity contribution < 1.29 is 9.31 Å². The van der Waals surface area contributed by atoms with Gasteiger partial charge in [-0.3, -0.25) is 0 Å². The highest BCUT2D eigenvalue weighted by Crippen LogP contribution is 2.48. The largest absolute Gasteiger partial charge is 0.476 e. The van der Waals surface area contributed by atoms with Gasteiger partial charge in [-0.2, -0.15) is 0 Å². The first-order valence-electron chi connectivity index (χ1n) is 13.4. The lowest BCUT2D eigenvalue weighted by atomic mass is 9.52. The number of hydrogen-bond donors (Lipinski definition) is 0. The molecule has 5 nitrogen and oxygen atoms in total. The van der Waals surface area contributed by atoms with E-state index >= 15 is 0 Å². The first-order valence-corrected chi connectivity index (χ1v) is 13.4. The monoisotopic (exact) mass is 513 g/mol. The summed E-state index contributed by atoms with van der Waals surface area (Å²) < 4.78 is 13.5. The van der Waals surface area contributed by atoms with Crippen LogP contribution in [0.4, 0.5) is 0 Å². The molecule has 1 atom stereocenters. The zero-order chi connectivity index (χ0) is 27.1. The molecule has 1 saturated heterocycles. The number of benzene rings is 3. The van der Waals surface area contributed by atoms with Gasteiger partial charge in [0, 0.05) is 11.1 Å². The van der Waals surface area contributed by atoms with Crippen molar-refractivity contribution in [1.82, 2.24) is 15.0 Å². The van der Waals surface area contributed by atoms with Crippen molar-refractivity contribution in [3.8, 4) is 22.8 Å². The van der Waals surface area contributed by atoms with Crippen molar-refractivity contribution in [3.05, 3.63) is 121 Å². The van der Waals surface area contributed by atoms with E-state index in [1.54, 1.807) is 0 Å². The third-order valence-electron chi connectivity index (χ3n) is 8.11. The molecule has 194 valence electrons. The van der Waals surface area contributed by atoms with Crippen molar-refractivity contribution in [3.63, 3.8) is 0 Å². The maximum absolute atomic E-state index is 6.74. The average Bonchev–Trinajstić information content (AvgIpc) is 3.20. The lowest BCUT2D eigenvalue weighted by Crippen LogP contribution is -2.47. The van der Waals surface area contributed by atoms with E-state index in [0.717, 1.165) is 16.7 Å². The summed E-state index contributed by atoms with van der Waals surface area (Å²) in [7, 11) is -0.596. The van der Waals surface area contributed by atoms with Gasteiger partial charge in [-0.05, 0) is 45.3 Å². The highest BCUT2D eigenvalue weighted by Gasteiger charge is 2.61. The van der Waals surface area contributed by atoms with Gasteiger partial charge in [-0.25, -0.2) is 15.0 Å². The van der Waals surface area contributed by atoms with Crippen LogP contribution in [0.2, 0.25) is 0 Å². The summed E-state index contributed by atoms with van der Waals surface area (Å²) in [5, 5.41) is -0.777. The van der Waals surface area contributed by atoms with Crippen molar-refractivity contribution >= 4 is 12.7 Å². The molecule has 4 aromatic rings. The number of nitrogens with zero attached hydrogens (tertiary/aromatic N) is 3. The number of aromatic nitrogens is 3. The molecule has 2 heterocycles. The van der Waals surface area contributed by atoms with E-state index in [1.807, 2.05) is 66.7 Å². The summed E-state index contributed by atoms with van der Waals surface area (Å²) in [6.45, 7) is 8.33. The van der Waals surface area contributed by atoms with E-state index in [1.165, 1.54) is 5.57 Å². The third-order valence-corrected chi connectivity index (χ3v) is 8.11. The van der Waals surface area contributed by atoms with Crippen molar-refractivity contribution in [2.24, 2.45) is 0 Å². The van der Waals surface area contributed by atoms with Crippen LogP contribution >= 0.6 is 0 Å². The van der Waals surface area contributed by atoms with Gasteiger partial charge in [-0.15, -0.1) is 0 Å². The van der Waals surface area contributed by atoms with Crippen LogP contribution < -0.4 is 0 Å². The van der Waals surface area contributed by atoms with Gasteiger partial charge in [0.25, 0.3) is 0 Å². The molecule has 6 rings (SSSR count). The Morgan fingerprint density at radius 1 is 0.615 bits per heavy atom. The van der Waals surface area contributed by atoms with E-state index in [0.29, 0.717) is 23.9 Å². The number of allylic oxidation sites excluding steroid dienone is 4. The lowest BCUT2D eigenvalue weighted by Gasteiger charge is -2.34. The highest BCUT2D eigenvalue weighted by atomic mass is 16.7. The Kier molecular flexibility index (Phi) is 6.33. The van der Waals surface area contributed by atoms with E-state index in [2.05, 4.69) is 70.2 Å². The SMILES string of the molecule is CC1(C)OB(C2(c3nc(-c4ccccc4)nc(-c4ccccc4)n3)C=CC=C(c3ccccc3)C2)OC1(C)C. The molecule has 3 aromatic carbocycles. The number of rotatable bonds is 5. The quantitative estimate of drug-likeness (QED) is 0.266. The van der Waals surface area contributed by atoms with Crippen LogP contribution in [-0.2, 0) is 14.6 Å². The second-order valence-corrected chi connectivity index (χ2v) is 11.3. The van der Waals surface area contributed by atoms with Gasteiger partial charge in [0.05, 0.1) is 16.5 Å². The van der Waals surface area contributed by atoms with Gasteiger partial charge >= 0.3 is 7.12 Å². The summed E-state index contributed by atoms with van der Waals surface area (Å²) in [5.74, 6) is 1.88. The lowest BCUT2D eigenvalue weighted by molar-refractivity contribution is 0.00578. The Morgan fingerprint density at radius 2 is 1.08 bits per heavy atom. The molecule has 1 unspecified atom stereocenters. The average molecular weight is 513 g/mol. The van der Waals surface area contributed by atoms with Crippen LogP contribution in [0.5, 0.6) is 0 Å². The Labute approximate surface area is 230 Å². The standard InChI is InChI=1S/C33H32BN3O2/c1-31(2)32(3,4)39-34(38-31)33(22-14-21-27(23-33)24-15-8-5-9-16-24)30-36-28(25-17-10-6-11-18-25)35-29(37-30)26-19-12-7-13-20-26/h5-22H,23H2,1-4H3. The molecule has 0 amide bonds. The zero-order valence-corrected chi connectivity index (χ0v) is 22.8. The molecule has 0 saturated carbocycles. The van der Waals surface area contributed by atoms with E-state index < -0.39 is 23.6 Å². The Balaban J connectivity index is 1.56. The maximum Gasteiger partial charge on any atom is 0.476 e. The smallest absolute Gasteiger partial charge is 0.402 e. The summed E-state index contributed by atoms with van der Waals surface area (Å²) in [5.41, 5.74) is 3.18. The Hall–Kier alpha value is -3.87. The van der Waals surface area contributed by atoms with E-state index in [4.69, 9.17) is 24.3 Å². The molecule has 1 aliphatic heterocycles. The molecule has 39 heavy (non-hydrogen) atoms. The first kappa shape index (κ1) is 25.4. The van der Waals surface area contributed by atoms with Crippen LogP contribution in [0.3, 0.4) is 0 Å². The molecule has 1 aliphatic carbocycles. The molecule has 0 bridgehead atoms. The maximum atomic E-state index is 6.74. The van der Waals surface area contributed by atoms with Gasteiger partial charge in [0.2, 0.25) is 0 Å². The first-order chi connectivity index (χ1) is 18.8. The fraction of sp³-hybridized carbons (Fsp3) is 0.242. The summed E-state index contributed by atoms with van der Waals surface area (Å²) in [6.07, 6.45) is 7.03. The summed E-state index contributed by atoms with van der Waals surface area (Å²) >= 11 is 0. The second kappa shape index (κ2) is 9.71. The minimum absolute atomic E-state index is 0.510. The Bertz CT molecular complexity index is 1460. The fourth-order valence-corrected chi connectivity index (χ4v) is 5.11. The topological polar surface area (TPSA) is 57.1 Å². The predicted molar refractivity (Wildman–Crippen MR) is 157 cm³/mol. The van der Waals surface area contributed by atoms with E-state index in [-0.39, 0.29) is 0 Å². The minimum atomic E-state index is -0.777. The molecule has 6 heteroatoms. The van der Waals surface area contributed by atoms with Crippen LogP contribution in [0.1, 0.15) is 45.5 Å². The summed E-state index contributed by atoms with van der Waals surface area (Å²) in [6, 6.07) is 30.6. The van der Waals surface area contributed by atoms with Gasteiger partial charge in [0.1, 0.15) is 5.82 Å². The van der Waals surface area contributed by atoms with Gasteiger partial charge in [0.15, 0.2) is 11.6 Å². The van der Waals surface area contributed by atoms with Crippen molar-refractivity contribution in [1.29, 1.82) is 0 Å². The van der Waals surface area contributed by atoms with Gasteiger partial charge in [-0.1, -0.05) is 109 Å². The van der Waals surface area contributed by atoms with Crippen molar-refractivity contribution in [2.75, 3.05) is 0 Å². The van der Waals surface area contributed by atoms with Crippen molar-refractivity contribution in [2.45, 2.75) is 50.6 Å². The third kappa shape index (κ3) is 4.64. The van der Waals surface area contributed by atoms with Crippen LogP contribution in [0.15, 0.2) is 109 Å². The minimum Gasteiger partial charge on any atom is -0.402 e. The molecule has 0 spiro atoms. The molecule has 1 aromatic heterocycles. The predicted octanol–water partition coefficient (Wildman–Crippen LogP) is 7.12. The molecule has 0 radical (unpaired) electrons. The molecular formula is C33H32BN3O2. The molecule has 1 fully saturated rings. The Morgan fingerprint density at radius 3 is 1.56 bits per heavy atom. The normalized spacial score (nSPS) is 21.5. The van der Waals surface area contributed by atoms with Crippen LogP contribution in [0, 0.1) is 0 Å². The summed E-state index contributed by atoms with van der Waals surface area (Å²) in [4.78, 5) is 15.2. The van der Waals surface area contributed by atoms with Gasteiger partial charge < -0.3 is 9.31 Å². The molecule has 0 N–H and O–H groups in total. The molecule has 2 aliphatic rings. The zero-order valence-electron chi connectivity index (χ0n) is 22.8. The molecular weight excluding hydrogens is 481 g/mol. The number of hydrogen-bond acceptors (Lipinski definition) is 5.